The normalized spacial score (nSPS) is 14.0. The summed E-state index contributed by atoms with van der Waals surface area (Å²) in [5.74, 6) is 0.835. The molecule has 2 aromatic carbocycles. The summed E-state index contributed by atoms with van der Waals surface area (Å²) in [6.07, 6.45) is 1.82. The lowest BCUT2D eigenvalue weighted by Gasteiger charge is -2.19. The van der Waals surface area contributed by atoms with E-state index in [2.05, 4.69) is 27.6 Å². The molecule has 0 spiro atoms. The van der Waals surface area contributed by atoms with Gasteiger partial charge < -0.3 is 15.0 Å². The summed E-state index contributed by atoms with van der Waals surface area (Å²) >= 11 is 0. The second kappa shape index (κ2) is 5.88. The van der Waals surface area contributed by atoms with E-state index >= 15 is 0 Å². The van der Waals surface area contributed by atoms with Crippen molar-refractivity contribution in [2.45, 2.75) is 6.54 Å². The van der Waals surface area contributed by atoms with Gasteiger partial charge in [0.2, 0.25) is 0 Å². The topological polar surface area (TPSA) is 70.2 Å². The van der Waals surface area contributed by atoms with Crippen LogP contribution >= 0.6 is 0 Å². The van der Waals surface area contributed by atoms with Crippen LogP contribution in [0.15, 0.2) is 42.6 Å². The lowest BCUT2D eigenvalue weighted by Crippen LogP contribution is -2.38. The summed E-state index contributed by atoms with van der Waals surface area (Å²) in [6.45, 7) is 1.59. The van der Waals surface area contributed by atoms with Gasteiger partial charge in [0, 0.05) is 23.6 Å². The van der Waals surface area contributed by atoms with E-state index < -0.39 is 0 Å². The van der Waals surface area contributed by atoms with Gasteiger partial charge >= 0.3 is 6.03 Å². The molecule has 6 nitrogen and oxygen atoms in total. The Morgan fingerprint density at radius 1 is 1.33 bits per heavy atom. The third-order valence-corrected chi connectivity index (χ3v) is 4.33. The maximum absolute atomic E-state index is 12.0. The molecule has 0 saturated heterocycles. The second-order valence-corrected chi connectivity index (χ2v) is 5.79. The first kappa shape index (κ1) is 14.6. The van der Waals surface area contributed by atoms with Crippen molar-refractivity contribution >= 4 is 16.9 Å². The Labute approximate surface area is 139 Å². The lowest BCUT2D eigenvalue weighted by molar-refractivity contribution is 0.190. The van der Waals surface area contributed by atoms with E-state index in [1.165, 1.54) is 0 Å². The van der Waals surface area contributed by atoms with Crippen molar-refractivity contribution in [1.29, 1.82) is 0 Å². The Morgan fingerprint density at radius 3 is 3.12 bits per heavy atom. The van der Waals surface area contributed by atoms with Crippen LogP contribution in [0.4, 0.5) is 4.79 Å². The Balaban J connectivity index is 1.76. The van der Waals surface area contributed by atoms with Crippen molar-refractivity contribution in [3.05, 3.63) is 48.2 Å². The van der Waals surface area contributed by atoms with Crippen LogP contribution in [-0.4, -0.2) is 41.3 Å². The number of nitrogens with zero attached hydrogens (tertiary/aromatic N) is 2. The molecule has 0 aliphatic carbocycles. The molecule has 0 bridgehead atoms. The predicted octanol–water partition coefficient (Wildman–Crippen LogP) is 2.76. The van der Waals surface area contributed by atoms with Crippen LogP contribution in [0.2, 0.25) is 0 Å². The molecule has 1 aliphatic heterocycles. The molecule has 0 fully saturated rings. The average Bonchev–Trinajstić information content (AvgIpc) is 2.99. The SMILES string of the molecule is CNC(=O)N1CCOc2ccc(-c3cccc4cn[nH]c34)cc2C1. The fourth-order valence-corrected chi connectivity index (χ4v) is 3.10. The molecule has 2 N–H and O–H groups in total. The van der Waals surface area contributed by atoms with Gasteiger partial charge in [-0.1, -0.05) is 24.3 Å². The summed E-state index contributed by atoms with van der Waals surface area (Å²) in [4.78, 5) is 13.7. The summed E-state index contributed by atoms with van der Waals surface area (Å²) in [6, 6.07) is 12.1. The summed E-state index contributed by atoms with van der Waals surface area (Å²) in [5.41, 5.74) is 4.18. The van der Waals surface area contributed by atoms with E-state index in [4.69, 9.17) is 4.74 Å². The van der Waals surface area contributed by atoms with Gasteiger partial charge in [-0.3, -0.25) is 5.10 Å². The predicted molar refractivity (Wildman–Crippen MR) is 91.9 cm³/mol. The molecular weight excluding hydrogens is 304 g/mol. The van der Waals surface area contributed by atoms with Crippen LogP contribution in [0.5, 0.6) is 5.75 Å². The molecule has 0 saturated carbocycles. The van der Waals surface area contributed by atoms with Crippen molar-refractivity contribution in [2.75, 3.05) is 20.2 Å². The van der Waals surface area contributed by atoms with Crippen LogP contribution in [0.25, 0.3) is 22.0 Å². The molecule has 3 aromatic rings. The second-order valence-electron chi connectivity index (χ2n) is 5.79. The maximum Gasteiger partial charge on any atom is 0.317 e. The molecule has 2 amide bonds. The fourth-order valence-electron chi connectivity index (χ4n) is 3.10. The Hall–Kier alpha value is -3.02. The minimum Gasteiger partial charge on any atom is -0.491 e. The number of hydrogen-bond acceptors (Lipinski definition) is 3. The number of H-pyrrole nitrogens is 1. The van der Waals surface area contributed by atoms with Gasteiger partial charge in [-0.15, -0.1) is 0 Å². The number of fused-ring (bicyclic) bond motifs is 2. The van der Waals surface area contributed by atoms with Crippen LogP contribution in [0.3, 0.4) is 0 Å². The van der Waals surface area contributed by atoms with Crippen molar-refractivity contribution < 1.29 is 9.53 Å². The van der Waals surface area contributed by atoms with E-state index in [0.717, 1.165) is 33.3 Å². The van der Waals surface area contributed by atoms with Gasteiger partial charge in [0.05, 0.1) is 24.8 Å². The number of hydrogen-bond donors (Lipinski definition) is 2. The van der Waals surface area contributed by atoms with E-state index in [0.29, 0.717) is 19.7 Å². The van der Waals surface area contributed by atoms with Crippen molar-refractivity contribution in [3.63, 3.8) is 0 Å². The minimum absolute atomic E-state index is 0.0903. The Bertz CT molecular complexity index is 903. The van der Waals surface area contributed by atoms with E-state index in [1.54, 1.807) is 11.9 Å². The molecule has 122 valence electrons. The van der Waals surface area contributed by atoms with Gasteiger partial charge in [-0.2, -0.15) is 5.10 Å². The third kappa shape index (κ3) is 2.46. The molecule has 6 heteroatoms. The highest BCUT2D eigenvalue weighted by Gasteiger charge is 2.19. The summed E-state index contributed by atoms with van der Waals surface area (Å²) in [5, 5.41) is 10.9. The van der Waals surface area contributed by atoms with Gasteiger partial charge in [0.15, 0.2) is 0 Å². The standard InChI is InChI=1S/C18H18N4O2/c1-19-18(23)22-7-8-24-16-6-5-12(9-14(16)11-22)15-4-2-3-13-10-20-21-17(13)15/h2-6,9-10H,7-8,11H2,1H3,(H,19,23)(H,20,21). The number of ether oxygens (including phenoxy) is 1. The number of carbonyl (C=O) groups is 1. The number of rotatable bonds is 1. The number of nitrogens with one attached hydrogen (secondary N) is 2. The number of urea groups is 1. The average molecular weight is 322 g/mol. The van der Waals surface area contributed by atoms with Gasteiger partial charge in [0.25, 0.3) is 0 Å². The number of benzene rings is 2. The van der Waals surface area contributed by atoms with Gasteiger partial charge in [0.1, 0.15) is 12.4 Å². The molecule has 2 heterocycles. The molecule has 1 aliphatic rings. The number of aromatic nitrogens is 2. The van der Waals surface area contributed by atoms with E-state index in [9.17, 15) is 4.79 Å². The number of para-hydroxylation sites is 1. The zero-order valence-electron chi connectivity index (χ0n) is 13.4. The fraction of sp³-hybridized carbons (Fsp3) is 0.222. The molecule has 0 atom stereocenters. The van der Waals surface area contributed by atoms with Gasteiger partial charge in [-0.05, 0) is 17.7 Å². The highest BCUT2D eigenvalue weighted by Crippen LogP contribution is 2.32. The highest BCUT2D eigenvalue weighted by molar-refractivity contribution is 5.93. The zero-order chi connectivity index (χ0) is 16.5. The van der Waals surface area contributed by atoms with Crippen LogP contribution in [-0.2, 0) is 6.54 Å². The van der Waals surface area contributed by atoms with E-state index in [1.807, 2.05) is 30.5 Å². The monoisotopic (exact) mass is 322 g/mol. The maximum atomic E-state index is 12.0. The van der Waals surface area contributed by atoms with Crippen molar-refractivity contribution in [3.8, 4) is 16.9 Å². The molecule has 1 aromatic heterocycles. The summed E-state index contributed by atoms with van der Waals surface area (Å²) in [7, 11) is 1.64. The smallest absolute Gasteiger partial charge is 0.317 e. The first-order chi connectivity index (χ1) is 11.8. The third-order valence-electron chi connectivity index (χ3n) is 4.33. The molecule has 24 heavy (non-hydrogen) atoms. The minimum atomic E-state index is -0.0903. The summed E-state index contributed by atoms with van der Waals surface area (Å²) < 4.78 is 5.79. The van der Waals surface area contributed by atoms with Crippen molar-refractivity contribution in [1.82, 2.24) is 20.4 Å². The quantitative estimate of drug-likeness (QED) is 0.724. The Kier molecular flexibility index (Phi) is 3.57. The lowest BCUT2D eigenvalue weighted by atomic mass is 10.0. The zero-order valence-corrected chi connectivity index (χ0v) is 13.4. The highest BCUT2D eigenvalue weighted by atomic mass is 16.5. The van der Waals surface area contributed by atoms with Crippen molar-refractivity contribution in [2.24, 2.45) is 0 Å². The number of aromatic amines is 1. The Morgan fingerprint density at radius 2 is 2.25 bits per heavy atom. The molecule has 4 rings (SSSR count). The van der Waals surface area contributed by atoms with Crippen LogP contribution in [0, 0.1) is 0 Å². The first-order valence-electron chi connectivity index (χ1n) is 7.91. The van der Waals surface area contributed by atoms with Crippen LogP contribution < -0.4 is 10.1 Å². The number of carbonyl (C=O) groups excluding carboxylic acids is 1. The largest absolute Gasteiger partial charge is 0.491 e. The number of amides is 2. The molecule has 0 unspecified atom stereocenters. The van der Waals surface area contributed by atoms with Gasteiger partial charge in [-0.25, -0.2) is 4.79 Å². The molecular formula is C18H18N4O2. The molecule has 0 radical (unpaired) electrons. The van der Waals surface area contributed by atoms with Crippen LogP contribution in [0.1, 0.15) is 5.56 Å². The van der Waals surface area contributed by atoms with E-state index in [-0.39, 0.29) is 6.03 Å². The first-order valence-corrected chi connectivity index (χ1v) is 7.91.